The molecule has 0 spiro atoms. The first-order valence-corrected chi connectivity index (χ1v) is 15.3. The first-order chi connectivity index (χ1) is 19.6. The molecule has 5 rings (SSSR count). The minimum absolute atomic E-state index is 0.0453. The lowest BCUT2D eigenvalue weighted by Crippen LogP contribution is -2.27. The summed E-state index contributed by atoms with van der Waals surface area (Å²) in [6.45, 7) is 2.15. The van der Waals surface area contributed by atoms with Gasteiger partial charge < -0.3 is 0 Å². The number of fused-ring (bicyclic) bond motifs is 1. The molecule has 2 heterocycles. The highest BCUT2D eigenvalue weighted by Crippen LogP contribution is 2.31. The lowest BCUT2D eigenvalue weighted by Gasteiger charge is -2.18. The summed E-state index contributed by atoms with van der Waals surface area (Å²) in [5.74, 6) is -0.537. The highest BCUT2D eigenvalue weighted by Gasteiger charge is 2.24. The van der Waals surface area contributed by atoms with Gasteiger partial charge in [0, 0.05) is 25.2 Å². The smallest absolute Gasteiger partial charge is 0.267 e. The van der Waals surface area contributed by atoms with E-state index < -0.39 is 20.9 Å². The highest BCUT2D eigenvalue weighted by molar-refractivity contribution is 7.89. The van der Waals surface area contributed by atoms with Gasteiger partial charge in [0.1, 0.15) is 0 Å². The van der Waals surface area contributed by atoms with Crippen molar-refractivity contribution in [1.29, 1.82) is 0 Å². The largest absolute Gasteiger partial charge is 0.324 e. The molecular weight excluding hydrogens is 583 g/mol. The molecule has 0 aliphatic rings. The maximum Gasteiger partial charge on any atom is 0.324 e. The molecule has 3 aromatic carbocycles. The van der Waals surface area contributed by atoms with E-state index in [2.05, 4.69) is 10.1 Å². The number of aryl methyl sites for hydroxylation is 1. The summed E-state index contributed by atoms with van der Waals surface area (Å²) in [4.78, 5) is 29.4. The predicted octanol–water partition coefficient (Wildman–Crippen LogP) is 6.08. The Morgan fingerprint density at radius 1 is 1.02 bits per heavy atom. The van der Waals surface area contributed by atoms with Crippen LogP contribution in [-0.4, -0.2) is 41.8 Å². The van der Waals surface area contributed by atoms with Gasteiger partial charge in [0.25, 0.3) is 5.91 Å². The Bertz CT molecular complexity index is 1870. The van der Waals surface area contributed by atoms with Gasteiger partial charge in [0.05, 0.1) is 31.1 Å². The van der Waals surface area contributed by atoms with Crippen LogP contribution in [-0.2, 0) is 16.6 Å². The lowest BCUT2D eigenvalue weighted by atomic mass is 10.2. The number of amides is 1. The van der Waals surface area contributed by atoms with Crippen molar-refractivity contribution >= 4 is 65.2 Å². The maximum atomic E-state index is 13.7. The van der Waals surface area contributed by atoms with Crippen molar-refractivity contribution in [2.24, 2.45) is 5.10 Å². The van der Waals surface area contributed by atoms with Crippen molar-refractivity contribution < 1.29 is 18.1 Å². The first-order valence-electron chi connectivity index (χ1n) is 12.2. The van der Waals surface area contributed by atoms with Gasteiger partial charge in [0.2, 0.25) is 15.2 Å². The summed E-state index contributed by atoms with van der Waals surface area (Å²) >= 11 is 2.20. The average molecular weight is 606 g/mol. The molecule has 0 aliphatic heterocycles. The van der Waals surface area contributed by atoms with Crippen LogP contribution in [0, 0.1) is 17.0 Å². The molecule has 41 heavy (non-hydrogen) atoms. The lowest BCUT2D eigenvalue weighted by molar-refractivity contribution is -0.380. The van der Waals surface area contributed by atoms with Crippen LogP contribution in [0.2, 0.25) is 0 Å². The average Bonchev–Trinajstić information content (AvgIpc) is 3.61. The molecule has 0 N–H and O–H groups in total. The van der Waals surface area contributed by atoms with Crippen LogP contribution in [0.3, 0.4) is 0 Å². The molecule has 0 atom stereocenters. The Balaban J connectivity index is 1.44. The van der Waals surface area contributed by atoms with E-state index in [9.17, 15) is 23.3 Å². The molecule has 2 aromatic heterocycles. The van der Waals surface area contributed by atoms with Gasteiger partial charge in [-0.05, 0) is 60.5 Å². The number of thiophene rings is 1. The molecule has 0 unspecified atom stereocenters. The zero-order valence-electron chi connectivity index (χ0n) is 21.9. The number of hydrogen-bond acceptors (Lipinski definition) is 9. The summed E-state index contributed by atoms with van der Waals surface area (Å²) in [5.41, 5.74) is 2.77. The summed E-state index contributed by atoms with van der Waals surface area (Å²) in [6.07, 6.45) is 1.37. The van der Waals surface area contributed by atoms with E-state index in [1.54, 1.807) is 6.07 Å². The fourth-order valence-corrected chi connectivity index (χ4v) is 6.79. The molecule has 5 aromatic rings. The zero-order chi connectivity index (χ0) is 29.1. The van der Waals surface area contributed by atoms with Gasteiger partial charge in [-0.15, -0.1) is 0 Å². The van der Waals surface area contributed by atoms with Crippen molar-refractivity contribution in [2.75, 3.05) is 12.1 Å². The van der Waals surface area contributed by atoms with Crippen LogP contribution >= 0.6 is 22.7 Å². The van der Waals surface area contributed by atoms with Crippen LogP contribution in [0.5, 0.6) is 0 Å². The number of nitro groups is 1. The molecule has 10 nitrogen and oxygen atoms in total. The SMILES string of the molecule is Cc1ccc2nc(N(/N=C/c3ccc([N+](=O)[O-])s3)C(=O)c3ccc(S(=O)(=O)N(C)Cc4ccccc4)cc3)sc2c1. The molecule has 0 saturated heterocycles. The van der Waals surface area contributed by atoms with E-state index in [1.165, 1.54) is 59.2 Å². The number of sulfonamides is 1. The van der Waals surface area contributed by atoms with E-state index >= 15 is 0 Å². The van der Waals surface area contributed by atoms with Gasteiger partial charge in [0.15, 0.2) is 0 Å². The van der Waals surface area contributed by atoms with E-state index in [4.69, 9.17) is 0 Å². The fourth-order valence-electron chi connectivity index (χ4n) is 3.92. The van der Waals surface area contributed by atoms with Crippen molar-refractivity contribution in [3.05, 3.63) is 117 Å². The standard InChI is InChI=1S/C28H23N5O5S3/c1-19-8-14-24-25(16-19)40-28(30-24)32(29-17-22-11-15-26(39-22)33(35)36)27(34)21-9-12-23(13-10-21)41(37,38)31(2)18-20-6-4-3-5-7-20/h3-17H,18H2,1-2H3/b29-17+. The number of hydrazone groups is 1. The van der Waals surface area contributed by atoms with Crippen molar-refractivity contribution in [1.82, 2.24) is 9.29 Å². The normalized spacial score (nSPS) is 11.9. The molecule has 0 bridgehead atoms. The second-order valence-electron chi connectivity index (χ2n) is 9.03. The van der Waals surface area contributed by atoms with E-state index in [-0.39, 0.29) is 22.0 Å². The maximum absolute atomic E-state index is 13.7. The third-order valence-corrected chi connectivity index (χ3v) is 9.84. The first kappa shape index (κ1) is 28.2. The molecule has 208 valence electrons. The van der Waals surface area contributed by atoms with Crippen LogP contribution in [0.15, 0.2) is 94.9 Å². The number of carbonyl (C=O) groups is 1. The second kappa shape index (κ2) is 11.7. The molecular formula is C28H23N5O5S3. The van der Waals surface area contributed by atoms with Gasteiger partial charge in [-0.25, -0.2) is 13.4 Å². The van der Waals surface area contributed by atoms with E-state index in [0.29, 0.717) is 15.5 Å². The third-order valence-electron chi connectivity index (χ3n) is 6.06. The quantitative estimate of drug-likeness (QED) is 0.114. The molecule has 1 amide bonds. The molecule has 0 radical (unpaired) electrons. The third kappa shape index (κ3) is 6.23. The Kier molecular flexibility index (Phi) is 8.03. The van der Waals surface area contributed by atoms with Gasteiger partial charge in [-0.1, -0.05) is 59.1 Å². The number of thiazole rings is 1. The number of benzene rings is 3. The predicted molar refractivity (Wildman–Crippen MR) is 161 cm³/mol. The Morgan fingerprint density at radius 2 is 1.76 bits per heavy atom. The number of hydrogen-bond donors (Lipinski definition) is 0. The fraction of sp³-hybridized carbons (Fsp3) is 0.107. The van der Waals surface area contributed by atoms with Crippen molar-refractivity contribution in [2.45, 2.75) is 18.4 Å². The minimum Gasteiger partial charge on any atom is -0.267 e. The van der Waals surface area contributed by atoms with Crippen molar-refractivity contribution in [3.63, 3.8) is 0 Å². The molecule has 0 fully saturated rings. The van der Waals surface area contributed by atoms with E-state index in [1.807, 2.05) is 55.5 Å². The van der Waals surface area contributed by atoms with Crippen LogP contribution in [0.1, 0.15) is 26.4 Å². The second-order valence-corrected chi connectivity index (χ2v) is 13.2. The van der Waals surface area contributed by atoms with Gasteiger partial charge >= 0.3 is 5.00 Å². The summed E-state index contributed by atoms with van der Waals surface area (Å²) < 4.78 is 28.4. The van der Waals surface area contributed by atoms with Crippen molar-refractivity contribution in [3.8, 4) is 0 Å². The Labute approximate surface area is 244 Å². The molecule has 13 heteroatoms. The Hall–Kier alpha value is -4.30. The Morgan fingerprint density at radius 3 is 2.44 bits per heavy atom. The summed E-state index contributed by atoms with van der Waals surface area (Å²) in [5, 5.41) is 16.8. The number of anilines is 1. The van der Waals surface area contributed by atoms with Crippen LogP contribution in [0.4, 0.5) is 10.1 Å². The highest BCUT2D eigenvalue weighted by atomic mass is 32.2. The van der Waals surface area contributed by atoms with Crippen LogP contribution in [0.25, 0.3) is 10.2 Å². The summed E-state index contributed by atoms with van der Waals surface area (Å²) in [7, 11) is -2.31. The zero-order valence-corrected chi connectivity index (χ0v) is 24.3. The molecule has 0 aliphatic carbocycles. The topological polar surface area (TPSA) is 126 Å². The van der Waals surface area contributed by atoms with Gasteiger partial charge in [-0.2, -0.15) is 14.4 Å². The summed E-state index contributed by atoms with van der Waals surface area (Å²) in [6, 6.07) is 23.5. The minimum atomic E-state index is -3.81. The number of carbonyl (C=O) groups excluding carboxylic acids is 1. The van der Waals surface area contributed by atoms with Crippen LogP contribution < -0.4 is 5.01 Å². The number of aromatic nitrogens is 1. The monoisotopic (exact) mass is 605 g/mol. The molecule has 0 saturated carbocycles. The van der Waals surface area contributed by atoms with E-state index in [0.717, 1.165) is 32.2 Å². The van der Waals surface area contributed by atoms with Gasteiger partial charge in [-0.3, -0.25) is 14.9 Å². The number of nitrogens with zero attached hydrogens (tertiary/aromatic N) is 5. The number of rotatable bonds is 9.